The van der Waals surface area contributed by atoms with Gasteiger partial charge in [-0.2, -0.15) is 5.26 Å². The summed E-state index contributed by atoms with van der Waals surface area (Å²) in [6, 6.07) is 12.4. The van der Waals surface area contributed by atoms with Crippen molar-refractivity contribution >= 4 is 27.5 Å². The van der Waals surface area contributed by atoms with Crippen LogP contribution in [0.1, 0.15) is 12.5 Å². The smallest absolute Gasteiger partial charge is 0.273 e. The van der Waals surface area contributed by atoms with E-state index in [4.69, 9.17) is 5.26 Å². The third-order valence-corrected chi connectivity index (χ3v) is 5.68. The molecule has 3 aromatic rings. The minimum absolute atomic E-state index is 0.0169. The summed E-state index contributed by atoms with van der Waals surface area (Å²) in [5.41, 5.74) is -0.480. The fourth-order valence-electron chi connectivity index (χ4n) is 2.52. The highest BCUT2D eigenvalue weighted by molar-refractivity contribution is 7.89. The molecule has 2 aromatic heterocycles. The van der Waals surface area contributed by atoms with Crippen molar-refractivity contribution < 1.29 is 23.3 Å². The van der Waals surface area contributed by atoms with Crippen molar-refractivity contribution in [1.82, 2.24) is 14.3 Å². The van der Waals surface area contributed by atoms with Gasteiger partial charge >= 0.3 is 0 Å². The number of nitriles is 1. The Balaban J connectivity index is 0.000000361. The van der Waals surface area contributed by atoms with Crippen LogP contribution in [-0.4, -0.2) is 35.6 Å². The predicted octanol–water partition coefficient (Wildman–Crippen LogP) is 0.742. The summed E-state index contributed by atoms with van der Waals surface area (Å²) in [7, 11) is -2.77. The Bertz CT molecular complexity index is 1170. The van der Waals surface area contributed by atoms with Crippen LogP contribution < -0.4 is 15.4 Å². The van der Waals surface area contributed by atoms with Crippen LogP contribution >= 0.6 is 0 Å². The maximum Gasteiger partial charge on any atom is 0.273 e. The van der Waals surface area contributed by atoms with Gasteiger partial charge in [-0.05, 0) is 23.8 Å². The normalized spacial score (nSPS) is 13.4. The summed E-state index contributed by atoms with van der Waals surface area (Å²) in [4.78, 5) is 21.8. The molecular weight excluding hydrogens is 420 g/mol. The number of hydrogen-bond donors (Lipinski definition) is 2. The molecule has 1 aliphatic heterocycles. The monoisotopic (exact) mass is 440 g/mol. The van der Waals surface area contributed by atoms with Crippen molar-refractivity contribution in [3.8, 4) is 6.07 Å². The fraction of sp³-hybridized carbons (Fsp3) is 0.100. The number of amides is 1. The first-order valence-corrected chi connectivity index (χ1v) is 10.3. The molecule has 0 spiro atoms. The van der Waals surface area contributed by atoms with Gasteiger partial charge in [0, 0.05) is 20.2 Å². The number of likely N-dealkylation sites (N-methyl/N-ethyl adjacent to an activating group) is 1. The van der Waals surface area contributed by atoms with Crippen LogP contribution in [0.5, 0.6) is 0 Å². The highest BCUT2D eigenvalue weighted by Crippen LogP contribution is 2.33. The molecule has 3 heterocycles. The molecule has 11 heteroatoms. The van der Waals surface area contributed by atoms with Gasteiger partial charge in [0.25, 0.3) is 15.9 Å². The minimum Gasteiger partial charge on any atom is -0.870 e. The summed E-state index contributed by atoms with van der Waals surface area (Å²) in [5, 5.41) is 22.3. The lowest BCUT2D eigenvalue weighted by Gasteiger charge is -2.33. The number of fused-ring (bicyclic) bond motifs is 1. The molecule has 1 aromatic carbocycles. The number of anilines is 1. The highest BCUT2D eigenvalue weighted by atomic mass is 32.2. The quantitative estimate of drug-likeness (QED) is 0.598. The molecule has 0 unspecified atom stereocenters. The van der Waals surface area contributed by atoms with Crippen molar-refractivity contribution in [2.75, 3.05) is 12.4 Å². The summed E-state index contributed by atoms with van der Waals surface area (Å²) >= 11 is 0. The lowest BCUT2D eigenvalue weighted by atomic mass is 10.1. The molecule has 4 rings (SSSR count). The lowest BCUT2D eigenvalue weighted by Crippen LogP contribution is -2.39. The van der Waals surface area contributed by atoms with Crippen LogP contribution in [0.25, 0.3) is 5.76 Å². The molecule has 3 N–H and O–H groups in total. The number of H-pyrrole nitrogens is 2. The second-order valence-corrected chi connectivity index (χ2v) is 7.79. The van der Waals surface area contributed by atoms with Gasteiger partial charge in [-0.25, -0.2) is 13.4 Å². The maximum atomic E-state index is 12.5. The van der Waals surface area contributed by atoms with Gasteiger partial charge in [-0.3, -0.25) is 19.1 Å². The van der Waals surface area contributed by atoms with Gasteiger partial charge in [0.1, 0.15) is 23.9 Å². The van der Waals surface area contributed by atoms with Gasteiger partial charge in [0.05, 0.1) is 11.0 Å². The van der Waals surface area contributed by atoms with Gasteiger partial charge in [-0.1, -0.05) is 30.0 Å². The van der Waals surface area contributed by atoms with E-state index >= 15 is 0 Å². The van der Waals surface area contributed by atoms with Gasteiger partial charge in [0.15, 0.2) is 0 Å². The van der Waals surface area contributed by atoms with E-state index in [2.05, 4.69) is 20.3 Å². The molecule has 0 fully saturated rings. The first-order chi connectivity index (χ1) is 14.8. The van der Waals surface area contributed by atoms with Gasteiger partial charge in [0.2, 0.25) is 6.33 Å². The number of nitrogens with zero attached hydrogens (tertiary/aromatic N) is 3. The molecule has 31 heavy (non-hydrogen) atoms. The first kappa shape index (κ1) is 23.1. The molecule has 0 bridgehead atoms. The van der Waals surface area contributed by atoms with E-state index in [1.807, 2.05) is 12.4 Å². The van der Waals surface area contributed by atoms with E-state index in [1.54, 1.807) is 30.6 Å². The van der Waals surface area contributed by atoms with Crippen molar-refractivity contribution in [3.05, 3.63) is 78.6 Å². The largest absolute Gasteiger partial charge is 0.870 e. The van der Waals surface area contributed by atoms with Crippen molar-refractivity contribution in [2.24, 2.45) is 0 Å². The zero-order valence-electron chi connectivity index (χ0n) is 16.7. The Morgan fingerprint density at radius 1 is 1.26 bits per heavy atom. The molecule has 0 radical (unpaired) electrons. The second kappa shape index (κ2) is 10.6. The maximum absolute atomic E-state index is 12.5. The number of carbonyl (C=O) groups excluding carboxylic acids is 1. The highest BCUT2D eigenvalue weighted by Gasteiger charge is 2.34. The standard InChI is InChI=1S/C15H13N3O4S.C3H4N2.C2H3N/c1-18-13(15(20)17-12-8-4-5-9-16-12)14(19)10-6-2-3-7-11(10)23(18,21)22;1-2-5-3-4-1;1-2-3/h2-9,19H,1H3,(H,16,17,20);1-3H,(H,4,5);1H3. The molecule has 1 aliphatic rings. The summed E-state index contributed by atoms with van der Waals surface area (Å²) < 4.78 is 25.7. The summed E-state index contributed by atoms with van der Waals surface area (Å²) in [6.45, 7) is 1.43. The second-order valence-electron chi connectivity index (χ2n) is 5.85. The topological polar surface area (TPSA) is 156 Å². The SMILES string of the molecule is CC#N.CN1C(C(=O)Nc2ccccn2)=C([O-])c2ccccc2S1(=O)=O.c1c[nH+]c[nH]1. The fourth-order valence-corrected chi connectivity index (χ4v) is 3.91. The lowest BCUT2D eigenvalue weighted by molar-refractivity contribution is -0.375. The van der Waals surface area contributed by atoms with Crippen LogP contribution in [0.3, 0.4) is 0 Å². The molecule has 0 saturated heterocycles. The zero-order valence-corrected chi connectivity index (χ0v) is 17.6. The Morgan fingerprint density at radius 3 is 2.48 bits per heavy atom. The Labute approximate surface area is 179 Å². The van der Waals surface area contributed by atoms with Crippen LogP contribution in [0.15, 0.2) is 78.0 Å². The Morgan fingerprint density at radius 2 is 1.94 bits per heavy atom. The number of benzene rings is 1. The van der Waals surface area contributed by atoms with E-state index in [9.17, 15) is 18.3 Å². The molecule has 0 saturated carbocycles. The molecule has 160 valence electrons. The average molecular weight is 440 g/mol. The van der Waals surface area contributed by atoms with E-state index in [-0.39, 0.29) is 16.3 Å². The minimum atomic E-state index is -3.95. The zero-order chi connectivity index (χ0) is 22.9. The van der Waals surface area contributed by atoms with E-state index < -0.39 is 27.4 Å². The number of imidazole rings is 1. The average Bonchev–Trinajstić information content (AvgIpc) is 3.34. The van der Waals surface area contributed by atoms with Gasteiger partial charge < -0.3 is 10.4 Å². The number of sulfonamides is 1. The number of rotatable bonds is 2. The number of nitrogens with one attached hydrogen (secondary N) is 3. The summed E-state index contributed by atoms with van der Waals surface area (Å²) in [5.74, 6) is -1.25. The third-order valence-electron chi connectivity index (χ3n) is 3.86. The Hall–Kier alpha value is -4.17. The van der Waals surface area contributed by atoms with Gasteiger partial charge in [-0.15, -0.1) is 0 Å². The number of aromatic nitrogens is 3. The van der Waals surface area contributed by atoms with E-state index in [0.29, 0.717) is 4.31 Å². The number of aromatic amines is 2. The third kappa shape index (κ3) is 5.46. The number of hydrogen-bond acceptors (Lipinski definition) is 6. The first-order valence-electron chi connectivity index (χ1n) is 8.86. The molecular formula is C20H20N6O4S. The van der Waals surface area contributed by atoms with Crippen molar-refractivity contribution in [1.29, 1.82) is 5.26 Å². The van der Waals surface area contributed by atoms with Crippen molar-refractivity contribution in [3.63, 3.8) is 0 Å². The van der Waals surface area contributed by atoms with Crippen LogP contribution in [-0.2, 0) is 14.8 Å². The van der Waals surface area contributed by atoms with E-state index in [0.717, 1.165) is 0 Å². The molecule has 0 aliphatic carbocycles. The number of pyridine rings is 1. The van der Waals surface area contributed by atoms with Crippen LogP contribution in [0.4, 0.5) is 5.82 Å². The Kier molecular flexibility index (Phi) is 7.87. The van der Waals surface area contributed by atoms with Crippen molar-refractivity contribution in [2.45, 2.75) is 11.8 Å². The number of carbonyl (C=O) groups is 1. The summed E-state index contributed by atoms with van der Waals surface area (Å²) in [6.07, 6.45) is 6.86. The molecule has 10 nitrogen and oxygen atoms in total. The van der Waals surface area contributed by atoms with Crippen LogP contribution in [0, 0.1) is 11.3 Å². The van der Waals surface area contributed by atoms with Crippen LogP contribution in [0.2, 0.25) is 0 Å². The molecule has 1 amide bonds. The predicted molar refractivity (Wildman–Crippen MR) is 110 cm³/mol. The van der Waals surface area contributed by atoms with E-state index in [1.165, 1.54) is 44.4 Å². The molecule has 0 atom stereocenters.